The number of hydrogen-bond donors (Lipinski definition) is 2. The number of rotatable bonds is 5. The molecule has 2 N–H and O–H groups in total. The highest BCUT2D eigenvalue weighted by atomic mass is 16.3. The summed E-state index contributed by atoms with van der Waals surface area (Å²) in [5.74, 6) is -0.722. The lowest BCUT2D eigenvalue weighted by atomic mass is 10.1. The average Bonchev–Trinajstić information content (AvgIpc) is 2.99. The Hall–Kier alpha value is -2.89. The summed E-state index contributed by atoms with van der Waals surface area (Å²) in [6.45, 7) is 1.30. The van der Waals surface area contributed by atoms with Crippen LogP contribution in [0.5, 0.6) is 0 Å². The van der Waals surface area contributed by atoms with E-state index in [9.17, 15) is 14.4 Å². The van der Waals surface area contributed by atoms with Crippen molar-refractivity contribution >= 4 is 23.3 Å². The molecule has 1 heterocycles. The molecule has 2 aromatic rings. The molecule has 0 atom stereocenters. The van der Waals surface area contributed by atoms with Gasteiger partial charge < -0.3 is 15.1 Å². The molecule has 2 rings (SSSR count). The lowest BCUT2D eigenvalue weighted by Crippen LogP contribution is -2.32. The zero-order valence-corrected chi connectivity index (χ0v) is 11.4. The predicted octanol–water partition coefficient (Wildman–Crippen LogP) is 1.85. The first-order chi connectivity index (χ1) is 10.1. The van der Waals surface area contributed by atoms with Gasteiger partial charge in [0.1, 0.15) is 0 Å². The third kappa shape index (κ3) is 4.04. The van der Waals surface area contributed by atoms with Crippen LogP contribution in [-0.4, -0.2) is 24.1 Å². The molecule has 0 aliphatic carbocycles. The third-order valence-corrected chi connectivity index (χ3v) is 2.73. The second-order valence-corrected chi connectivity index (χ2v) is 4.34. The summed E-state index contributed by atoms with van der Waals surface area (Å²) < 4.78 is 4.91. The SMILES string of the molecule is CC(=O)c1ccc(NC(=O)CNC(=O)c2ccco2)cc1. The molecule has 2 amide bonds. The van der Waals surface area contributed by atoms with Crippen LogP contribution < -0.4 is 10.6 Å². The van der Waals surface area contributed by atoms with Crippen molar-refractivity contribution < 1.29 is 18.8 Å². The van der Waals surface area contributed by atoms with Crippen molar-refractivity contribution in [3.8, 4) is 0 Å². The summed E-state index contributed by atoms with van der Waals surface area (Å²) in [6, 6.07) is 9.60. The Labute approximate surface area is 121 Å². The Balaban J connectivity index is 1.84. The maximum atomic E-state index is 11.7. The van der Waals surface area contributed by atoms with Crippen LogP contribution in [-0.2, 0) is 4.79 Å². The molecule has 0 radical (unpaired) electrons. The Morgan fingerprint density at radius 3 is 2.38 bits per heavy atom. The number of benzene rings is 1. The zero-order valence-electron chi connectivity index (χ0n) is 11.4. The van der Waals surface area contributed by atoms with Crippen molar-refractivity contribution in [1.29, 1.82) is 0 Å². The van der Waals surface area contributed by atoms with Crippen molar-refractivity contribution in [2.45, 2.75) is 6.92 Å². The van der Waals surface area contributed by atoms with E-state index in [0.717, 1.165) is 0 Å². The van der Waals surface area contributed by atoms with Crippen LogP contribution in [0.1, 0.15) is 27.8 Å². The number of nitrogens with one attached hydrogen (secondary N) is 2. The first-order valence-corrected chi connectivity index (χ1v) is 6.29. The van der Waals surface area contributed by atoms with Gasteiger partial charge in [0.25, 0.3) is 5.91 Å². The van der Waals surface area contributed by atoms with Gasteiger partial charge in [-0.05, 0) is 43.3 Å². The van der Waals surface area contributed by atoms with Gasteiger partial charge in [0.05, 0.1) is 12.8 Å². The van der Waals surface area contributed by atoms with E-state index in [0.29, 0.717) is 11.3 Å². The van der Waals surface area contributed by atoms with E-state index in [4.69, 9.17) is 4.42 Å². The number of anilines is 1. The van der Waals surface area contributed by atoms with E-state index in [1.165, 1.54) is 19.3 Å². The van der Waals surface area contributed by atoms with Crippen LogP contribution in [0, 0.1) is 0 Å². The second kappa shape index (κ2) is 6.51. The smallest absolute Gasteiger partial charge is 0.287 e. The lowest BCUT2D eigenvalue weighted by Gasteiger charge is -2.06. The lowest BCUT2D eigenvalue weighted by molar-refractivity contribution is -0.115. The molecule has 0 unspecified atom stereocenters. The predicted molar refractivity (Wildman–Crippen MR) is 76.1 cm³/mol. The van der Waals surface area contributed by atoms with Gasteiger partial charge in [0.15, 0.2) is 11.5 Å². The van der Waals surface area contributed by atoms with Gasteiger partial charge in [-0.2, -0.15) is 0 Å². The molecule has 0 bridgehead atoms. The Morgan fingerprint density at radius 2 is 1.81 bits per heavy atom. The van der Waals surface area contributed by atoms with E-state index in [1.807, 2.05) is 0 Å². The Morgan fingerprint density at radius 1 is 1.10 bits per heavy atom. The third-order valence-electron chi connectivity index (χ3n) is 2.73. The highest BCUT2D eigenvalue weighted by Crippen LogP contribution is 2.09. The topological polar surface area (TPSA) is 88.4 Å². The normalized spacial score (nSPS) is 9.95. The molecule has 108 valence electrons. The maximum Gasteiger partial charge on any atom is 0.287 e. The van der Waals surface area contributed by atoms with Gasteiger partial charge in [0, 0.05) is 11.3 Å². The van der Waals surface area contributed by atoms with Crippen molar-refractivity contribution in [2.24, 2.45) is 0 Å². The molecule has 1 aromatic carbocycles. The average molecular weight is 286 g/mol. The summed E-state index contributed by atoms with van der Waals surface area (Å²) in [7, 11) is 0. The molecule has 6 nitrogen and oxygen atoms in total. The summed E-state index contributed by atoms with van der Waals surface area (Å²) in [5, 5.41) is 5.05. The number of ketones is 1. The highest BCUT2D eigenvalue weighted by Gasteiger charge is 2.10. The highest BCUT2D eigenvalue weighted by molar-refractivity contribution is 5.98. The summed E-state index contributed by atoms with van der Waals surface area (Å²) in [5.41, 5.74) is 1.12. The monoisotopic (exact) mass is 286 g/mol. The molecule has 6 heteroatoms. The molecule has 1 aromatic heterocycles. The van der Waals surface area contributed by atoms with Crippen molar-refractivity contribution in [3.05, 3.63) is 54.0 Å². The number of amides is 2. The van der Waals surface area contributed by atoms with E-state index >= 15 is 0 Å². The van der Waals surface area contributed by atoms with Crippen LogP contribution in [0.25, 0.3) is 0 Å². The molecule has 21 heavy (non-hydrogen) atoms. The summed E-state index contributed by atoms with van der Waals surface area (Å²) in [4.78, 5) is 34.4. The second-order valence-electron chi connectivity index (χ2n) is 4.34. The van der Waals surface area contributed by atoms with Gasteiger partial charge in [-0.25, -0.2) is 0 Å². The standard InChI is InChI=1S/C15H14N2O4/c1-10(18)11-4-6-12(7-5-11)17-14(19)9-16-15(20)13-3-2-8-21-13/h2-8H,9H2,1H3,(H,16,20)(H,17,19). The maximum absolute atomic E-state index is 11.7. The van der Waals surface area contributed by atoms with E-state index < -0.39 is 5.91 Å². The number of carbonyl (C=O) groups excluding carboxylic acids is 3. The van der Waals surface area contributed by atoms with Gasteiger partial charge in [0.2, 0.25) is 5.91 Å². The quantitative estimate of drug-likeness (QED) is 0.821. The Bertz CT molecular complexity index is 645. The fraction of sp³-hybridized carbons (Fsp3) is 0.133. The minimum absolute atomic E-state index is 0.0430. The molecular formula is C15H14N2O4. The number of hydrogen-bond acceptors (Lipinski definition) is 4. The van der Waals surface area contributed by atoms with Crippen LogP contribution in [0.4, 0.5) is 5.69 Å². The first kappa shape index (κ1) is 14.5. The van der Waals surface area contributed by atoms with E-state index in [1.54, 1.807) is 30.3 Å². The van der Waals surface area contributed by atoms with Crippen LogP contribution >= 0.6 is 0 Å². The molecule has 0 fully saturated rings. The fourth-order valence-electron chi connectivity index (χ4n) is 1.65. The molecule has 0 spiro atoms. The van der Waals surface area contributed by atoms with Crippen molar-refractivity contribution in [3.63, 3.8) is 0 Å². The van der Waals surface area contributed by atoms with Crippen LogP contribution in [0.15, 0.2) is 47.1 Å². The van der Waals surface area contributed by atoms with Crippen LogP contribution in [0.2, 0.25) is 0 Å². The summed E-state index contributed by atoms with van der Waals surface area (Å²) in [6.07, 6.45) is 1.38. The number of furan rings is 1. The van der Waals surface area contributed by atoms with Crippen molar-refractivity contribution in [1.82, 2.24) is 5.32 Å². The number of carbonyl (C=O) groups is 3. The molecule has 0 aliphatic rings. The largest absolute Gasteiger partial charge is 0.459 e. The molecule has 0 aliphatic heterocycles. The molecular weight excluding hydrogens is 272 g/mol. The Kier molecular flexibility index (Phi) is 4.50. The number of Topliss-reactive ketones (excluding diaryl/α,β-unsaturated/α-hetero) is 1. The van der Waals surface area contributed by atoms with Gasteiger partial charge >= 0.3 is 0 Å². The zero-order chi connectivity index (χ0) is 15.2. The first-order valence-electron chi connectivity index (χ1n) is 6.29. The van der Waals surface area contributed by atoms with Gasteiger partial charge in [-0.1, -0.05) is 0 Å². The fourth-order valence-corrected chi connectivity index (χ4v) is 1.65. The minimum atomic E-state index is -0.456. The van der Waals surface area contributed by atoms with Crippen molar-refractivity contribution in [2.75, 3.05) is 11.9 Å². The van der Waals surface area contributed by atoms with E-state index in [2.05, 4.69) is 10.6 Å². The summed E-state index contributed by atoms with van der Waals surface area (Å²) >= 11 is 0. The van der Waals surface area contributed by atoms with E-state index in [-0.39, 0.29) is 24.0 Å². The van der Waals surface area contributed by atoms with Crippen LogP contribution in [0.3, 0.4) is 0 Å². The van der Waals surface area contributed by atoms with Gasteiger partial charge in [-0.3, -0.25) is 14.4 Å². The molecule has 0 saturated heterocycles. The minimum Gasteiger partial charge on any atom is -0.459 e. The van der Waals surface area contributed by atoms with Gasteiger partial charge in [-0.15, -0.1) is 0 Å². The molecule has 0 saturated carbocycles.